The zero-order valence-corrected chi connectivity index (χ0v) is 11.7. The van der Waals surface area contributed by atoms with Crippen LogP contribution in [0.5, 0.6) is 0 Å². The first-order valence-corrected chi connectivity index (χ1v) is 7.26. The molecular formula is C16H20N2O2. The fourth-order valence-electron chi connectivity index (χ4n) is 2.82. The van der Waals surface area contributed by atoms with Gasteiger partial charge >= 0.3 is 0 Å². The summed E-state index contributed by atoms with van der Waals surface area (Å²) in [5.41, 5.74) is 1.83. The van der Waals surface area contributed by atoms with Gasteiger partial charge in [-0.25, -0.2) is 0 Å². The van der Waals surface area contributed by atoms with Gasteiger partial charge in [-0.1, -0.05) is 18.2 Å². The molecule has 0 atom stereocenters. The van der Waals surface area contributed by atoms with Crippen molar-refractivity contribution in [2.24, 2.45) is 0 Å². The number of hydrogen-bond donors (Lipinski definition) is 1. The third-order valence-corrected chi connectivity index (χ3v) is 3.94. The van der Waals surface area contributed by atoms with Gasteiger partial charge in [-0.3, -0.25) is 4.79 Å². The largest absolute Gasteiger partial charge is 0.395 e. The van der Waals surface area contributed by atoms with Crippen molar-refractivity contribution in [2.45, 2.75) is 32.4 Å². The topological polar surface area (TPSA) is 45.5 Å². The lowest BCUT2D eigenvalue weighted by Crippen LogP contribution is -2.36. The Morgan fingerprint density at radius 3 is 2.80 bits per heavy atom. The summed E-state index contributed by atoms with van der Waals surface area (Å²) in [5, 5.41) is 10.3. The molecule has 106 valence electrons. The summed E-state index contributed by atoms with van der Waals surface area (Å²) in [6, 6.07) is 10.3. The number of hydrogen-bond acceptors (Lipinski definition) is 2. The van der Waals surface area contributed by atoms with Crippen LogP contribution in [0, 0.1) is 0 Å². The number of amides is 1. The van der Waals surface area contributed by atoms with E-state index in [1.807, 2.05) is 35.2 Å². The summed E-state index contributed by atoms with van der Waals surface area (Å²) in [6.07, 6.45) is 2.11. The van der Waals surface area contributed by atoms with Crippen LogP contribution in [-0.2, 0) is 6.54 Å². The van der Waals surface area contributed by atoms with Gasteiger partial charge in [0.15, 0.2) is 0 Å². The van der Waals surface area contributed by atoms with Gasteiger partial charge in [0, 0.05) is 30.0 Å². The van der Waals surface area contributed by atoms with E-state index in [2.05, 4.69) is 11.5 Å². The van der Waals surface area contributed by atoms with Crippen molar-refractivity contribution in [3.8, 4) is 0 Å². The number of fused-ring (bicyclic) bond motifs is 1. The third kappa shape index (κ3) is 2.20. The van der Waals surface area contributed by atoms with E-state index < -0.39 is 0 Å². The summed E-state index contributed by atoms with van der Waals surface area (Å²) in [7, 11) is 0. The highest BCUT2D eigenvalue weighted by Gasteiger charge is 2.33. The van der Waals surface area contributed by atoms with Crippen molar-refractivity contribution >= 4 is 16.8 Å². The number of para-hydroxylation sites is 1. The Kier molecular flexibility index (Phi) is 3.49. The molecule has 0 radical (unpaired) electrons. The van der Waals surface area contributed by atoms with Crippen LogP contribution in [0.3, 0.4) is 0 Å². The van der Waals surface area contributed by atoms with Crippen molar-refractivity contribution in [1.29, 1.82) is 0 Å². The first-order chi connectivity index (χ1) is 9.76. The molecule has 1 aliphatic rings. The highest BCUT2D eigenvalue weighted by molar-refractivity contribution is 5.99. The fraction of sp³-hybridized carbons (Fsp3) is 0.438. The molecule has 1 aliphatic carbocycles. The van der Waals surface area contributed by atoms with Gasteiger partial charge in [-0.2, -0.15) is 0 Å². The number of rotatable bonds is 5. The molecule has 1 aromatic heterocycles. The lowest BCUT2D eigenvalue weighted by molar-refractivity contribution is 0.0697. The van der Waals surface area contributed by atoms with E-state index in [1.54, 1.807) is 0 Å². The Labute approximate surface area is 118 Å². The van der Waals surface area contributed by atoms with Gasteiger partial charge in [0.05, 0.1) is 6.61 Å². The molecule has 4 heteroatoms. The van der Waals surface area contributed by atoms with E-state index in [4.69, 9.17) is 0 Å². The number of aliphatic hydroxyl groups is 1. The van der Waals surface area contributed by atoms with Gasteiger partial charge < -0.3 is 14.6 Å². The molecule has 1 aromatic carbocycles. The number of aliphatic hydroxyl groups excluding tert-OH is 1. The molecule has 4 nitrogen and oxygen atoms in total. The summed E-state index contributed by atoms with van der Waals surface area (Å²) < 4.78 is 2.06. The van der Waals surface area contributed by atoms with E-state index >= 15 is 0 Å². The second-order valence-corrected chi connectivity index (χ2v) is 5.29. The smallest absolute Gasteiger partial charge is 0.270 e. The Bertz CT molecular complexity index is 628. The zero-order valence-electron chi connectivity index (χ0n) is 11.7. The molecule has 0 aliphatic heterocycles. The Hall–Kier alpha value is -1.81. The first-order valence-electron chi connectivity index (χ1n) is 7.26. The van der Waals surface area contributed by atoms with Gasteiger partial charge in [0.2, 0.25) is 0 Å². The maximum absolute atomic E-state index is 12.8. The molecule has 20 heavy (non-hydrogen) atoms. The molecule has 1 saturated carbocycles. The standard InChI is InChI=1S/C16H20N2O2/c1-2-17-14-6-4-3-5-12(14)11-15(17)16(20)18(9-10-19)13-7-8-13/h3-6,11,13,19H,2,7-10H2,1H3. The number of nitrogens with zero attached hydrogens (tertiary/aromatic N) is 2. The van der Waals surface area contributed by atoms with Crippen LogP contribution in [0.1, 0.15) is 30.3 Å². The van der Waals surface area contributed by atoms with Crippen molar-refractivity contribution < 1.29 is 9.90 Å². The molecule has 1 amide bonds. The second-order valence-electron chi connectivity index (χ2n) is 5.29. The van der Waals surface area contributed by atoms with Crippen LogP contribution in [0.4, 0.5) is 0 Å². The average Bonchev–Trinajstić information content (AvgIpc) is 3.23. The summed E-state index contributed by atoms with van der Waals surface area (Å²) in [5.74, 6) is 0.0413. The second kappa shape index (κ2) is 5.29. The molecule has 1 fully saturated rings. The first kappa shape index (κ1) is 13.2. The van der Waals surface area contributed by atoms with Gasteiger partial charge in [-0.15, -0.1) is 0 Å². The van der Waals surface area contributed by atoms with Crippen LogP contribution in [-0.4, -0.2) is 39.7 Å². The zero-order chi connectivity index (χ0) is 14.1. The molecule has 0 bridgehead atoms. The Morgan fingerprint density at radius 2 is 2.15 bits per heavy atom. The molecule has 3 rings (SSSR count). The maximum atomic E-state index is 12.8. The summed E-state index contributed by atoms with van der Waals surface area (Å²) in [4.78, 5) is 14.6. The number of aromatic nitrogens is 1. The molecular weight excluding hydrogens is 252 g/mol. The number of carbonyl (C=O) groups excluding carboxylic acids is 1. The third-order valence-electron chi connectivity index (χ3n) is 3.94. The summed E-state index contributed by atoms with van der Waals surface area (Å²) in [6.45, 7) is 3.27. The van der Waals surface area contributed by atoms with Gasteiger partial charge in [0.25, 0.3) is 5.91 Å². The quantitative estimate of drug-likeness (QED) is 0.907. The van der Waals surface area contributed by atoms with Gasteiger partial charge in [-0.05, 0) is 31.9 Å². The van der Waals surface area contributed by atoms with Crippen molar-refractivity contribution in [3.05, 3.63) is 36.0 Å². The highest BCUT2D eigenvalue weighted by atomic mass is 16.3. The van der Waals surface area contributed by atoms with Crippen LogP contribution >= 0.6 is 0 Å². The molecule has 0 spiro atoms. The Balaban J connectivity index is 2.01. The monoisotopic (exact) mass is 272 g/mol. The van der Waals surface area contributed by atoms with E-state index in [0.717, 1.165) is 36.0 Å². The molecule has 0 saturated heterocycles. The minimum absolute atomic E-state index is 0.0224. The van der Waals surface area contributed by atoms with Crippen LogP contribution in [0.25, 0.3) is 10.9 Å². The fourth-order valence-corrected chi connectivity index (χ4v) is 2.82. The number of benzene rings is 1. The normalized spacial score (nSPS) is 14.7. The molecule has 1 N–H and O–H groups in total. The minimum atomic E-state index is 0.0224. The van der Waals surface area contributed by atoms with Crippen LogP contribution in [0.15, 0.2) is 30.3 Å². The lowest BCUT2D eigenvalue weighted by Gasteiger charge is -2.22. The molecule has 1 heterocycles. The van der Waals surface area contributed by atoms with E-state index in [-0.39, 0.29) is 12.5 Å². The van der Waals surface area contributed by atoms with E-state index in [0.29, 0.717) is 12.6 Å². The number of carbonyl (C=O) groups is 1. The van der Waals surface area contributed by atoms with Gasteiger partial charge in [0.1, 0.15) is 5.69 Å². The maximum Gasteiger partial charge on any atom is 0.270 e. The van der Waals surface area contributed by atoms with Crippen molar-refractivity contribution in [1.82, 2.24) is 9.47 Å². The predicted molar refractivity (Wildman–Crippen MR) is 78.8 cm³/mol. The lowest BCUT2D eigenvalue weighted by atomic mass is 10.2. The minimum Gasteiger partial charge on any atom is -0.395 e. The van der Waals surface area contributed by atoms with E-state index in [1.165, 1.54) is 0 Å². The van der Waals surface area contributed by atoms with Crippen molar-refractivity contribution in [2.75, 3.05) is 13.2 Å². The SMILES string of the molecule is CCn1c(C(=O)N(CCO)C2CC2)cc2ccccc21. The Morgan fingerprint density at radius 1 is 1.40 bits per heavy atom. The summed E-state index contributed by atoms with van der Waals surface area (Å²) >= 11 is 0. The van der Waals surface area contributed by atoms with Crippen molar-refractivity contribution in [3.63, 3.8) is 0 Å². The number of aryl methyl sites for hydroxylation is 1. The predicted octanol–water partition coefficient (Wildman–Crippen LogP) is 2.26. The molecule has 2 aromatic rings. The van der Waals surface area contributed by atoms with Crippen LogP contribution < -0.4 is 0 Å². The van der Waals surface area contributed by atoms with Crippen LogP contribution in [0.2, 0.25) is 0 Å². The average molecular weight is 272 g/mol. The van der Waals surface area contributed by atoms with E-state index in [9.17, 15) is 9.90 Å². The molecule has 0 unspecified atom stereocenters. The highest BCUT2D eigenvalue weighted by Crippen LogP contribution is 2.29.